The highest BCUT2D eigenvalue weighted by atomic mass is 15.3. The van der Waals surface area contributed by atoms with Crippen molar-refractivity contribution < 1.29 is 0 Å². The van der Waals surface area contributed by atoms with Crippen molar-refractivity contribution >= 4 is 27.8 Å². The van der Waals surface area contributed by atoms with Gasteiger partial charge in [0, 0.05) is 44.7 Å². The SMILES string of the molecule is CN(C)CCn1cnc2c(N3CCN(C)CC3)nc3ccccc3c21. The Labute approximate surface area is 148 Å². The number of pyridine rings is 1. The second-order valence-corrected chi connectivity index (χ2v) is 7.18. The Kier molecular flexibility index (Phi) is 4.31. The lowest BCUT2D eigenvalue weighted by atomic mass is 10.1. The maximum absolute atomic E-state index is 4.98. The van der Waals surface area contributed by atoms with Crippen LogP contribution in [0.15, 0.2) is 30.6 Å². The maximum Gasteiger partial charge on any atom is 0.157 e. The van der Waals surface area contributed by atoms with Gasteiger partial charge in [-0.25, -0.2) is 9.97 Å². The van der Waals surface area contributed by atoms with Crippen LogP contribution in [0, 0.1) is 0 Å². The minimum absolute atomic E-state index is 0.930. The zero-order chi connectivity index (χ0) is 17.4. The van der Waals surface area contributed by atoms with Crippen LogP contribution in [0.4, 0.5) is 5.82 Å². The molecule has 1 aromatic carbocycles. The van der Waals surface area contributed by atoms with Crippen molar-refractivity contribution in [1.29, 1.82) is 0 Å². The molecule has 1 fully saturated rings. The van der Waals surface area contributed by atoms with Crippen molar-refractivity contribution in [3.05, 3.63) is 30.6 Å². The first kappa shape index (κ1) is 16.3. The van der Waals surface area contributed by atoms with Crippen LogP contribution in [0.25, 0.3) is 21.9 Å². The molecule has 0 spiro atoms. The Morgan fingerprint density at radius 2 is 1.84 bits per heavy atom. The first-order valence-electron chi connectivity index (χ1n) is 8.95. The number of hydrogen-bond donors (Lipinski definition) is 0. The summed E-state index contributed by atoms with van der Waals surface area (Å²) in [5.41, 5.74) is 3.29. The Hall–Kier alpha value is -2.18. The number of hydrogen-bond acceptors (Lipinski definition) is 5. The number of piperazine rings is 1. The van der Waals surface area contributed by atoms with Gasteiger partial charge in [0.15, 0.2) is 5.82 Å². The van der Waals surface area contributed by atoms with Gasteiger partial charge in [0.1, 0.15) is 5.52 Å². The monoisotopic (exact) mass is 338 g/mol. The standard InChI is InChI=1S/C19H26N6/c1-22(2)8-11-25-14-20-17-18(25)15-6-4-5-7-16(15)21-19(17)24-12-9-23(3)10-13-24/h4-7,14H,8-13H2,1-3H3. The van der Waals surface area contributed by atoms with E-state index in [1.54, 1.807) is 0 Å². The second-order valence-electron chi connectivity index (χ2n) is 7.18. The average Bonchev–Trinajstić information content (AvgIpc) is 3.04. The van der Waals surface area contributed by atoms with E-state index in [1.165, 1.54) is 10.9 Å². The van der Waals surface area contributed by atoms with E-state index in [2.05, 4.69) is 64.7 Å². The molecule has 1 saturated heterocycles. The zero-order valence-electron chi connectivity index (χ0n) is 15.3. The van der Waals surface area contributed by atoms with E-state index < -0.39 is 0 Å². The smallest absolute Gasteiger partial charge is 0.157 e. The maximum atomic E-state index is 4.98. The highest BCUT2D eigenvalue weighted by molar-refractivity contribution is 6.06. The molecule has 1 aliphatic rings. The second kappa shape index (κ2) is 6.61. The molecule has 132 valence electrons. The summed E-state index contributed by atoms with van der Waals surface area (Å²) in [7, 11) is 6.39. The number of benzene rings is 1. The van der Waals surface area contributed by atoms with Crippen molar-refractivity contribution in [2.75, 3.05) is 58.8 Å². The summed E-state index contributed by atoms with van der Waals surface area (Å²) < 4.78 is 2.28. The first-order chi connectivity index (χ1) is 12.1. The molecular weight excluding hydrogens is 312 g/mol. The van der Waals surface area contributed by atoms with E-state index in [0.29, 0.717) is 0 Å². The zero-order valence-corrected chi connectivity index (χ0v) is 15.3. The Morgan fingerprint density at radius 3 is 2.60 bits per heavy atom. The van der Waals surface area contributed by atoms with Gasteiger partial charge in [-0.2, -0.15) is 0 Å². The summed E-state index contributed by atoms with van der Waals surface area (Å²) in [6.45, 7) is 6.06. The molecule has 3 heterocycles. The lowest BCUT2D eigenvalue weighted by molar-refractivity contribution is 0.312. The van der Waals surface area contributed by atoms with Gasteiger partial charge >= 0.3 is 0 Å². The molecule has 4 rings (SSSR count). The van der Waals surface area contributed by atoms with Crippen molar-refractivity contribution in [3.8, 4) is 0 Å². The fourth-order valence-electron chi connectivity index (χ4n) is 3.48. The summed E-state index contributed by atoms with van der Waals surface area (Å²) in [5, 5.41) is 1.19. The van der Waals surface area contributed by atoms with E-state index in [0.717, 1.165) is 56.1 Å². The fraction of sp³-hybridized carbons (Fsp3) is 0.474. The van der Waals surface area contributed by atoms with Crippen molar-refractivity contribution in [2.45, 2.75) is 6.54 Å². The van der Waals surface area contributed by atoms with Crippen LogP contribution >= 0.6 is 0 Å². The van der Waals surface area contributed by atoms with Crippen LogP contribution in [-0.4, -0.2) is 78.2 Å². The normalized spacial score (nSPS) is 16.4. The molecular formula is C19H26N6. The Morgan fingerprint density at radius 1 is 1.08 bits per heavy atom. The molecule has 0 atom stereocenters. The molecule has 25 heavy (non-hydrogen) atoms. The number of likely N-dealkylation sites (N-methyl/N-ethyl adjacent to an activating group) is 2. The van der Waals surface area contributed by atoms with Crippen LogP contribution in [0.5, 0.6) is 0 Å². The molecule has 0 N–H and O–H groups in total. The highest BCUT2D eigenvalue weighted by Crippen LogP contribution is 2.31. The van der Waals surface area contributed by atoms with Gasteiger partial charge in [0.25, 0.3) is 0 Å². The van der Waals surface area contributed by atoms with Crippen molar-refractivity contribution in [3.63, 3.8) is 0 Å². The molecule has 0 radical (unpaired) electrons. The van der Waals surface area contributed by atoms with Gasteiger partial charge in [-0.15, -0.1) is 0 Å². The number of fused-ring (bicyclic) bond motifs is 3. The molecule has 3 aromatic rings. The van der Waals surface area contributed by atoms with Crippen LogP contribution in [0.3, 0.4) is 0 Å². The molecule has 6 nitrogen and oxygen atoms in total. The highest BCUT2D eigenvalue weighted by Gasteiger charge is 2.21. The number of imidazole rings is 1. The van der Waals surface area contributed by atoms with E-state index >= 15 is 0 Å². The first-order valence-corrected chi connectivity index (χ1v) is 8.95. The predicted octanol–water partition coefficient (Wildman–Crippen LogP) is 1.90. The minimum atomic E-state index is 0.930. The van der Waals surface area contributed by atoms with Crippen molar-refractivity contribution in [1.82, 2.24) is 24.3 Å². The predicted molar refractivity (Wildman–Crippen MR) is 103 cm³/mol. The van der Waals surface area contributed by atoms with Gasteiger partial charge in [0.05, 0.1) is 17.4 Å². The molecule has 0 amide bonds. The number of aromatic nitrogens is 3. The van der Waals surface area contributed by atoms with Gasteiger partial charge < -0.3 is 19.3 Å². The van der Waals surface area contributed by atoms with Crippen LogP contribution in [-0.2, 0) is 6.54 Å². The van der Waals surface area contributed by atoms with Gasteiger partial charge in [-0.1, -0.05) is 18.2 Å². The third-order valence-corrected chi connectivity index (χ3v) is 5.03. The number of anilines is 1. The summed E-state index contributed by atoms with van der Waals surface area (Å²) in [4.78, 5) is 16.7. The Balaban J connectivity index is 1.85. The summed E-state index contributed by atoms with van der Waals surface area (Å²) in [6.07, 6.45) is 1.97. The van der Waals surface area contributed by atoms with Crippen LogP contribution in [0.2, 0.25) is 0 Å². The number of nitrogens with zero attached hydrogens (tertiary/aromatic N) is 6. The fourth-order valence-corrected chi connectivity index (χ4v) is 3.48. The topological polar surface area (TPSA) is 40.4 Å². The average molecular weight is 338 g/mol. The molecule has 0 aliphatic carbocycles. The summed E-state index contributed by atoms with van der Waals surface area (Å²) in [5.74, 6) is 1.03. The third-order valence-electron chi connectivity index (χ3n) is 5.03. The van der Waals surface area contributed by atoms with Crippen LogP contribution < -0.4 is 4.90 Å². The molecule has 1 aliphatic heterocycles. The quantitative estimate of drug-likeness (QED) is 0.727. The Bertz CT molecular complexity index is 876. The number of para-hydroxylation sites is 1. The molecule has 0 bridgehead atoms. The third kappa shape index (κ3) is 3.07. The van der Waals surface area contributed by atoms with Gasteiger partial charge in [0.2, 0.25) is 0 Å². The van der Waals surface area contributed by atoms with E-state index in [9.17, 15) is 0 Å². The molecule has 0 saturated carbocycles. The van der Waals surface area contributed by atoms with Gasteiger partial charge in [-0.3, -0.25) is 0 Å². The van der Waals surface area contributed by atoms with E-state index in [-0.39, 0.29) is 0 Å². The molecule has 6 heteroatoms. The van der Waals surface area contributed by atoms with E-state index in [1.807, 2.05) is 6.33 Å². The van der Waals surface area contributed by atoms with Crippen LogP contribution in [0.1, 0.15) is 0 Å². The van der Waals surface area contributed by atoms with E-state index in [4.69, 9.17) is 9.97 Å². The van der Waals surface area contributed by atoms with Crippen molar-refractivity contribution in [2.24, 2.45) is 0 Å². The lowest BCUT2D eigenvalue weighted by Crippen LogP contribution is -2.44. The largest absolute Gasteiger partial charge is 0.352 e. The van der Waals surface area contributed by atoms with Gasteiger partial charge in [-0.05, 0) is 27.2 Å². The number of rotatable bonds is 4. The summed E-state index contributed by atoms with van der Waals surface area (Å²) >= 11 is 0. The minimum Gasteiger partial charge on any atom is -0.352 e. The molecule has 0 unspecified atom stereocenters. The lowest BCUT2D eigenvalue weighted by Gasteiger charge is -2.33. The molecule has 2 aromatic heterocycles. The summed E-state index contributed by atoms with van der Waals surface area (Å²) in [6, 6.07) is 8.42.